The predicted molar refractivity (Wildman–Crippen MR) is 63.6 cm³/mol. The monoisotopic (exact) mass is 261 g/mol. The molecule has 1 heterocycles. The summed E-state index contributed by atoms with van der Waals surface area (Å²) in [6, 6.07) is 2.74. The van der Waals surface area contributed by atoms with Crippen LogP contribution in [0.1, 0.15) is 19.4 Å². The Morgan fingerprint density at radius 3 is 2.77 bits per heavy atom. The van der Waals surface area contributed by atoms with Crippen molar-refractivity contribution in [2.75, 3.05) is 5.33 Å². The molecule has 0 amide bonds. The van der Waals surface area contributed by atoms with Crippen LogP contribution in [0, 0.1) is 5.92 Å². The molecule has 0 aromatic carbocycles. The smallest absolute Gasteiger partial charge is 0.0216 e. The Hall–Kier alpha value is 0.140. The van der Waals surface area contributed by atoms with Gasteiger partial charge in [0.25, 0.3) is 0 Å². The fourth-order valence-corrected chi connectivity index (χ4v) is 2.76. The summed E-state index contributed by atoms with van der Waals surface area (Å²) in [6.07, 6.45) is 0. The van der Waals surface area contributed by atoms with Crippen LogP contribution in [0.2, 0.25) is 0 Å². The fourth-order valence-electron chi connectivity index (χ4n) is 1.11. The first kappa shape index (κ1) is 11.2. The second-order valence-electron chi connectivity index (χ2n) is 3.52. The van der Waals surface area contributed by atoms with E-state index in [4.69, 9.17) is 0 Å². The van der Waals surface area contributed by atoms with Crippen LogP contribution in [0.25, 0.3) is 0 Å². The topological polar surface area (TPSA) is 12.0 Å². The van der Waals surface area contributed by atoms with Crippen LogP contribution in [0.4, 0.5) is 0 Å². The molecule has 13 heavy (non-hydrogen) atoms. The summed E-state index contributed by atoms with van der Waals surface area (Å²) in [5.41, 5.74) is 1.39. The first-order valence-electron chi connectivity index (χ1n) is 4.54. The van der Waals surface area contributed by atoms with Crippen LogP contribution in [-0.4, -0.2) is 11.4 Å². The van der Waals surface area contributed by atoms with Gasteiger partial charge in [-0.2, -0.15) is 11.3 Å². The SMILES string of the molecule is CC(C)C(CBr)NCc1ccsc1. The summed E-state index contributed by atoms with van der Waals surface area (Å²) in [5.74, 6) is 0.679. The van der Waals surface area contributed by atoms with E-state index in [1.807, 2.05) is 0 Å². The Morgan fingerprint density at radius 1 is 1.54 bits per heavy atom. The van der Waals surface area contributed by atoms with Crippen molar-refractivity contribution in [3.63, 3.8) is 0 Å². The van der Waals surface area contributed by atoms with Crippen molar-refractivity contribution in [1.29, 1.82) is 0 Å². The Kier molecular flexibility index (Phi) is 4.99. The van der Waals surface area contributed by atoms with Gasteiger partial charge < -0.3 is 5.32 Å². The number of hydrogen-bond acceptors (Lipinski definition) is 2. The molecule has 1 unspecified atom stereocenters. The van der Waals surface area contributed by atoms with Crippen molar-refractivity contribution >= 4 is 27.3 Å². The Labute approximate surface area is 92.7 Å². The van der Waals surface area contributed by atoms with Gasteiger partial charge in [-0.1, -0.05) is 29.8 Å². The van der Waals surface area contributed by atoms with E-state index < -0.39 is 0 Å². The highest BCUT2D eigenvalue weighted by Gasteiger charge is 2.10. The van der Waals surface area contributed by atoms with Gasteiger partial charge in [-0.25, -0.2) is 0 Å². The molecule has 0 radical (unpaired) electrons. The van der Waals surface area contributed by atoms with E-state index in [2.05, 4.69) is 51.9 Å². The lowest BCUT2D eigenvalue weighted by Gasteiger charge is -2.19. The summed E-state index contributed by atoms with van der Waals surface area (Å²) >= 11 is 5.28. The third-order valence-corrected chi connectivity index (χ3v) is 3.55. The minimum Gasteiger partial charge on any atom is -0.309 e. The van der Waals surface area contributed by atoms with E-state index in [0.29, 0.717) is 12.0 Å². The van der Waals surface area contributed by atoms with Gasteiger partial charge in [0.05, 0.1) is 0 Å². The van der Waals surface area contributed by atoms with E-state index in [9.17, 15) is 0 Å². The number of nitrogens with one attached hydrogen (secondary N) is 1. The molecule has 0 bridgehead atoms. The van der Waals surface area contributed by atoms with E-state index in [1.54, 1.807) is 11.3 Å². The van der Waals surface area contributed by atoms with E-state index >= 15 is 0 Å². The van der Waals surface area contributed by atoms with E-state index in [1.165, 1.54) is 5.56 Å². The molecule has 74 valence electrons. The second-order valence-corrected chi connectivity index (χ2v) is 4.94. The summed E-state index contributed by atoms with van der Waals surface area (Å²) in [5, 5.41) is 8.87. The van der Waals surface area contributed by atoms with Gasteiger partial charge >= 0.3 is 0 Å². The molecule has 0 aliphatic carbocycles. The summed E-state index contributed by atoms with van der Waals surface area (Å²) in [7, 11) is 0. The third-order valence-electron chi connectivity index (χ3n) is 2.12. The van der Waals surface area contributed by atoms with Gasteiger partial charge in [-0.15, -0.1) is 0 Å². The Morgan fingerprint density at radius 2 is 2.31 bits per heavy atom. The maximum atomic E-state index is 3.53. The molecule has 0 spiro atoms. The average Bonchev–Trinajstić information content (AvgIpc) is 2.57. The normalized spacial score (nSPS) is 13.5. The number of thiophene rings is 1. The van der Waals surface area contributed by atoms with Crippen LogP contribution in [-0.2, 0) is 6.54 Å². The van der Waals surface area contributed by atoms with Crippen molar-refractivity contribution in [3.8, 4) is 0 Å². The highest BCUT2D eigenvalue weighted by Crippen LogP contribution is 2.09. The van der Waals surface area contributed by atoms with Gasteiger partial charge in [0.2, 0.25) is 0 Å². The molecule has 1 N–H and O–H groups in total. The molecule has 0 aliphatic rings. The van der Waals surface area contributed by atoms with Crippen LogP contribution in [0.5, 0.6) is 0 Å². The first-order valence-corrected chi connectivity index (χ1v) is 6.61. The Bertz CT molecular complexity index is 221. The fraction of sp³-hybridized carbons (Fsp3) is 0.600. The molecule has 1 atom stereocenters. The quantitative estimate of drug-likeness (QED) is 0.803. The number of rotatable bonds is 5. The lowest BCUT2D eigenvalue weighted by Crippen LogP contribution is -2.34. The van der Waals surface area contributed by atoms with Gasteiger partial charge in [-0.3, -0.25) is 0 Å². The van der Waals surface area contributed by atoms with E-state index in [0.717, 1.165) is 11.9 Å². The molecule has 1 aromatic rings. The van der Waals surface area contributed by atoms with Crippen LogP contribution >= 0.6 is 27.3 Å². The largest absolute Gasteiger partial charge is 0.309 e. The summed E-state index contributed by atoms with van der Waals surface area (Å²) in [6.45, 7) is 5.47. The van der Waals surface area contributed by atoms with Gasteiger partial charge in [0.15, 0.2) is 0 Å². The molecule has 0 fully saturated rings. The average molecular weight is 262 g/mol. The summed E-state index contributed by atoms with van der Waals surface area (Å²) in [4.78, 5) is 0. The molecule has 3 heteroatoms. The molecule has 1 nitrogen and oxygen atoms in total. The Balaban J connectivity index is 2.32. The van der Waals surface area contributed by atoms with Gasteiger partial charge in [-0.05, 0) is 28.3 Å². The maximum Gasteiger partial charge on any atom is 0.0216 e. The minimum absolute atomic E-state index is 0.569. The molecule has 1 aromatic heterocycles. The minimum atomic E-state index is 0.569. The standard InChI is InChI=1S/C10H16BrNS/c1-8(2)10(5-11)12-6-9-3-4-13-7-9/h3-4,7-8,10,12H,5-6H2,1-2H3. The molecule has 0 aliphatic heterocycles. The first-order chi connectivity index (χ1) is 6.24. The molecule has 0 saturated heterocycles. The van der Waals surface area contributed by atoms with Crippen molar-refractivity contribution in [3.05, 3.63) is 22.4 Å². The zero-order valence-corrected chi connectivity index (χ0v) is 10.5. The highest BCUT2D eigenvalue weighted by atomic mass is 79.9. The molecular weight excluding hydrogens is 246 g/mol. The second kappa shape index (κ2) is 5.78. The highest BCUT2D eigenvalue weighted by molar-refractivity contribution is 9.09. The van der Waals surface area contributed by atoms with Crippen molar-refractivity contribution < 1.29 is 0 Å². The maximum absolute atomic E-state index is 3.53. The molecule has 0 saturated carbocycles. The van der Waals surface area contributed by atoms with Gasteiger partial charge in [0, 0.05) is 17.9 Å². The van der Waals surface area contributed by atoms with Crippen LogP contribution in [0.15, 0.2) is 16.8 Å². The van der Waals surface area contributed by atoms with Crippen molar-refractivity contribution in [1.82, 2.24) is 5.32 Å². The van der Waals surface area contributed by atoms with E-state index in [-0.39, 0.29) is 0 Å². The van der Waals surface area contributed by atoms with Crippen LogP contribution < -0.4 is 5.32 Å². The van der Waals surface area contributed by atoms with Crippen LogP contribution in [0.3, 0.4) is 0 Å². The van der Waals surface area contributed by atoms with Crippen molar-refractivity contribution in [2.45, 2.75) is 26.4 Å². The zero-order chi connectivity index (χ0) is 9.68. The lowest BCUT2D eigenvalue weighted by atomic mass is 10.1. The molecule has 1 rings (SSSR count). The lowest BCUT2D eigenvalue weighted by molar-refractivity contribution is 0.434. The predicted octanol–water partition coefficient (Wildman–Crippen LogP) is 3.26. The number of hydrogen-bond donors (Lipinski definition) is 1. The van der Waals surface area contributed by atoms with Crippen molar-refractivity contribution in [2.24, 2.45) is 5.92 Å². The third kappa shape index (κ3) is 3.79. The number of alkyl halides is 1. The molecular formula is C10H16BrNS. The zero-order valence-electron chi connectivity index (χ0n) is 8.09. The summed E-state index contributed by atoms with van der Waals surface area (Å²) < 4.78 is 0. The number of halogens is 1. The van der Waals surface area contributed by atoms with Gasteiger partial charge in [0.1, 0.15) is 0 Å².